The Labute approximate surface area is 95.1 Å². The normalized spacial score (nSPS) is 21.6. The van der Waals surface area contributed by atoms with Gasteiger partial charge < -0.3 is 9.84 Å². The molecule has 16 heavy (non-hydrogen) atoms. The van der Waals surface area contributed by atoms with Gasteiger partial charge in [-0.3, -0.25) is 0 Å². The maximum absolute atomic E-state index is 14.8. The fourth-order valence-corrected chi connectivity index (χ4v) is 2.35. The van der Waals surface area contributed by atoms with E-state index < -0.39 is 5.67 Å². The second-order valence-corrected chi connectivity index (χ2v) is 4.48. The van der Waals surface area contributed by atoms with Crippen LogP contribution in [0, 0.1) is 5.92 Å². The number of benzene rings is 1. The maximum Gasteiger partial charge on any atom is 0.139 e. The summed E-state index contributed by atoms with van der Waals surface area (Å²) in [7, 11) is 0. The van der Waals surface area contributed by atoms with Crippen molar-refractivity contribution in [2.45, 2.75) is 25.4 Å². The van der Waals surface area contributed by atoms with Crippen molar-refractivity contribution < 1.29 is 14.2 Å². The molecule has 1 unspecified atom stereocenters. The molecule has 88 valence electrons. The molecule has 1 heterocycles. The lowest BCUT2D eigenvalue weighted by Gasteiger charge is -2.34. The molecule has 0 aromatic heterocycles. The Morgan fingerprint density at radius 3 is 2.56 bits per heavy atom. The number of hydrogen-bond donors (Lipinski definition) is 1. The lowest BCUT2D eigenvalue weighted by molar-refractivity contribution is -0.00595. The van der Waals surface area contributed by atoms with Gasteiger partial charge in [0, 0.05) is 24.7 Å². The van der Waals surface area contributed by atoms with Crippen LogP contribution in [-0.2, 0) is 10.4 Å². The van der Waals surface area contributed by atoms with Crippen LogP contribution in [0.15, 0.2) is 24.3 Å². The van der Waals surface area contributed by atoms with E-state index in [0.717, 1.165) is 0 Å². The Kier molecular flexibility index (Phi) is 3.15. The minimum atomic E-state index is -1.48. The topological polar surface area (TPSA) is 29.5 Å². The van der Waals surface area contributed by atoms with Gasteiger partial charge in [0.1, 0.15) is 11.4 Å². The Morgan fingerprint density at radius 1 is 1.31 bits per heavy atom. The van der Waals surface area contributed by atoms with Gasteiger partial charge in [0.05, 0.1) is 0 Å². The Balaban J connectivity index is 2.26. The minimum Gasteiger partial charge on any atom is -0.508 e. The standard InChI is InChI=1S/C13H17FO2/c1-13(14,10-6-8-16-9-7-10)11-4-2-3-5-12(11)15/h2-5,10,15H,6-9H2,1H3. The summed E-state index contributed by atoms with van der Waals surface area (Å²) in [4.78, 5) is 0. The minimum absolute atomic E-state index is 0.0407. The molecule has 0 spiro atoms. The second kappa shape index (κ2) is 4.42. The quantitative estimate of drug-likeness (QED) is 0.836. The zero-order valence-electron chi connectivity index (χ0n) is 9.45. The third-order valence-electron chi connectivity index (χ3n) is 3.42. The van der Waals surface area contributed by atoms with E-state index in [1.165, 1.54) is 6.07 Å². The van der Waals surface area contributed by atoms with Crippen LogP contribution < -0.4 is 0 Å². The number of ether oxygens (including phenoxy) is 1. The van der Waals surface area contributed by atoms with Crippen molar-refractivity contribution in [2.75, 3.05) is 13.2 Å². The van der Waals surface area contributed by atoms with Crippen LogP contribution in [0.1, 0.15) is 25.3 Å². The van der Waals surface area contributed by atoms with Gasteiger partial charge >= 0.3 is 0 Å². The summed E-state index contributed by atoms with van der Waals surface area (Å²) in [6.07, 6.45) is 1.42. The summed E-state index contributed by atoms with van der Waals surface area (Å²) in [5.74, 6) is -0.0338. The summed E-state index contributed by atoms with van der Waals surface area (Å²) in [5, 5.41) is 9.71. The highest BCUT2D eigenvalue weighted by Crippen LogP contribution is 2.42. The third kappa shape index (κ3) is 2.05. The predicted molar refractivity (Wildman–Crippen MR) is 60.1 cm³/mol. The number of aromatic hydroxyl groups is 1. The van der Waals surface area contributed by atoms with Gasteiger partial charge in [-0.25, -0.2) is 4.39 Å². The molecule has 1 aliphatic heterocycles. The molecule has 0 saturated carbocycles. The molecule has 0 aliphatic carbocycles. The van der Waals surface area contributed by atoms with Crippen molar-refractivity contribution >= 4 is 0 Å². The van der Waals surface area contributed by atoms with Gasteiger partial charge in [0.2, 0.25) is 0 Å². The Hall–Kier alpha value is -1.09. The number of rotatable bonds is 2. The van der Waals surface area contributed by atoms with Crippen molar-refractivity contribution in [3.8, 4) is 5.75 Å². The van der Waals surface area contributed by atoms with E-state index in [2.05, 4.69) is 0 Å². The van der Waals surface area contributed by atoms with Gasteiger partial charge in [-0.05, 0) is 25.8 Å². The molecular formula is C13H17FO2. The highest BCUT2D eigenvalue weighted by atomic mass is 19.1. The number of phenolic OH excluding ortho intramolecular Hbond substituents is 1. The molecule has 1 fully saturated rings. The lowest BCUT2D eigenvalue weighted by atomic mass is 9.79. The largest absolute Gasteiger partial charge is 0.508 e. The van der Waals surface area contributed by atoms with Crippen LogP contribution in [-0.4, -0.2) is 18.3 Å². The zero-order chi connectivity index (χ0) is 11.6. The molecule has 2 nitrogen and oxygen atoms in total. The molecule has 1 aliphatic rings. The van der Waals surface area contributed by atoms with Crippen LogP contribution in [0.5, 0.6) is 5.75 Å². The first-order chi connectivity index (χ1) is 7.62. The molecule has 1 aromatic rings. The Morgan fingerprint density at radius 2 is 1.94 bits per heavy atom. The molecule has 1 atom stereocenters. The third-order valence-corrected chi connectivity index (χ3v) is 3.42. The predicted octanol–water partition coefficient (Wildman–Crippen LogP) is 3.00. The molecule has 0 bridgehead atoms. The zero-order valence-corrected chi connectivity index (χ0v) is 9.45. The Bertz CT molecular complexity index is 357. The van der Waals surface area contributed by atoms with Crippen LogP contribution in [0.25, 0.3) is 0 Å². The summed E-state index contributed by atoms with van der Waals surface area (Å²) in [6, 6.07) is 6.66. The number of para-hydroxylation sites is 1. The fourth-order valence-electron chi connectivity index (χ4n) is 2.35. The van der Waals surface area contributed by atoms with Gasteiger partial charge in [-0.1, -0.05) is 18.2 Å². The first-order valence-electron chi connectivity index (χ1n) is 5.67. The summed E-state index contributed by atoms with van der Waals surface area (Å²) < 4.78 is 20.0. The van der Waals surface area contributed by atoms with E-state index in [4.69, 9.17) is 4.74 Å². The maximum atomic E-state index is 14.8. The van der Waals surface area contributed by atoms with Gasteiger partial charge in [-0.2, -0.15) is 0 Å². The number of halogens is 1. The van der Waals surface area contributed by atoms with Crippen molar-refractivity contribution in [3.63, 3.8) is 0 Å². The van der Waals surface area contributed by atoms with Crippen LogP contribution >= 0.6 is 0 Å². The molecule has 1 N–H and O–H groups in total. The smallest absolute Gasteiger partial charge is 0.139 e. The SMILES string of the molecule is CC(F)(c1ccccc1O)C1CCOCC1. The summed E-state index contributed by atoms with van der Waals surface area (Å²) in [6.45, 7) is 2.77. The second-order valence-electron chi connectivity index (χ2n) is 4.48. The molecule has 3 heteroatoms. The van der Waals surface area contributed by atoms with E-state index in [1.54, 1.807) is 25.1 Å². The number of alkyl halides is 1. The molecule has 0 amide bonds. The lowest BCUT2D eigenvalue weighted by Crippen LogP contribution is -2.32. The van der Waals surface area contributed by atoms with Crippen molar-refractivity contribution in [3.05, 3.63) is 29.8 Å². The highest BCUT2D eigenvalue weighted by molar-refractivity contribution is 5.36. The highest BCUT2D eigenvalue weighted by Gasteiger charge is 2.38. The first-order valence-corrected chi connectivity index (χ1v) is 5.67. The number of hydrogen-bond acceptors (Lipinski definition) is 2. The van der Waals surface area contributed by atoms with E-state index >= 15 is 0 Å². The molecule has 1 aromatic carbocycles. The van der Waals surface area contributed by atoms with Crippen LogP contribution in [0.2, 0.25) is 0 Å². The molecule has 1 saturated heterocycles. The van der Waals surface area contributed by atoms with E-state index in [-0.39, 0.29) is 11.7 Å². The van der Waals surface area contributed by atoms with E-state index in [9.17, 15) is 9.50 Å². The van der Waals surface area contributed by atoms with Crippen molar-refractivity contribution in [1.82, 2.24) is 0 Å². The summed E-state index contributed by atoms with van der Waals surface area (Å²) >= 11 is 0. The summed E-state index contributed by atoms with van der Waals surface area (Å²) in [5.41, 5.74) is -1.09. The average molecular weight is 224 g/mol. The molecule has 2 rings (SSSR count). The van der Waals surface area contributed by atoms with Gasteiger partial charge in [-0.15, -0.1) is 0 Å². The van der Waals surface area contributed by atoms with Crippen LogP contribution in [0.3, 0.4) is 0 Å². The monoisotopic (exact) mass is 224 g/mol. The van der Waals surface area contributed by atoms with Gasteiger partial charge in [0.15, 0.2) is 0 Å². The molecule has 0 radical (unpaired) electrons. The van der Waals surface area contributed by atoms with Crippen LogP contribution in [0.4, 0.5) is 4.39 Å². The fraction of sp³-hybridized carbons (Fsp3) is 0.538. The number of phenols is 1. The van der Waals surface area contributed by atoms with Gasteiger partial charge in [0.25, 0.3) is 0 Å². The van der Waals surface area contributed by atoms with E-state index in [0.29, 0.717) is 31.6 Å². The van der Waals surface area contributed by atoms with E-state index in [1.807, 2.05) is 0 Å². The average Bonchev–Trinajstić information content (AvgIpc) is 2.30. The van der Waals surface area contributed by atoms with Crippen molar-refractivity contribution in [2.24, 2.45) is 5.92 Å². The molecular weight excluding hydrogens is 207 g/mol. The first kappa shape index (κ1) is 11.4. The van der Waals surface area contributed by atoms with Crippen molar-refractivity contribution in [1.29, 1.82) is 0 Å².